The summed E-state index contributed by atoms with van der Waals surface area (Å²) in [6.07, 6.45) is 4.48. The SMILES string of the molecule is COc1ccc(/C=C(/C(=O)NCc2ccc(/C=C/C(N)=O)cc2)c2ccccc2F)cc1OC. The van der Waals surface area contributed by atoms with Crippen LogP contribution in [-0.4, -0.2) is 26.0 Å². The molecule has 3 N–H and O–H groups in total. The van der Waals surface area contributed by atoms with Crippen LogP contribution in [0.1, 0.15) is 22.3 Å². The van der Waals surface area contributed by atoms with Gasteiger partial charge in [0.15, 0.2) is 11.5 Å². The molecule has 2 amide bonds. The first-order valence-electron chi connectivity index (χ1n) is 10.4. The number of benzene rings is 3. The van der Waals surface area contributed by atoms with Gasteiger partial charge in [0, 0.05) is 18.2 Å². The Kier molecular flexibility index (Phi) is 8.18. The van der Waals surface area contributed by atoms with Crippen molar-refractivity contribution < 1.29 is 23.5 Å². The highest BCUT2D eigenvalue weighted by Gasteiger charge is 2.16. The first-order chi connectivity index (χ1) is 16.4. The maximum Gasteiger partial charge on any atom is 0.252 e. The molecular weight excluding hydrogens is 435 g/mol. The van der Waals surface area contributed by atoms with Crippen molar-refractivity contribution in [2.75, 3.05) is 14.2 Å². The standard InChI is InChI=1S/C27H25FN2O4/c1-33-24-13-11-20(16-25(24)34-2)15-22(21-5-3-4-6-23(21)28)27(32)30-17-19-9-7-18(8-10-19)12-14-26(29)31/h3-16H,17H2,1-2H3,(H2,29,31)(H,30,32)/b14-12+,22-15+. The molecule has 0 spiro atoms. The van der Waals surface area contributed by atoms with Gasteiger partial charge in [0.2, 0.25) is 5.91 Å². The average molecular weight is 461 g/mol. The fraction of sp³-hybridized carbons (Fsp3) is 0.111. The monoisotopic (exact) mass is 460 g/mol. The average Bonchev–Trinajstić information content (AvgIpc) is 2.85. The number of amides is 2. The van der Waals surface area contributed by atoms with E-state index in [4.69, 9.17) is 15.2 Å². The molecule has 0 aliphatic heterocycles. The number of carbonyl (C=O) groups excluding carboxylic acids is 2. The highest BCUT2D eigenvalue weighted by molar-refractivity contribution is 6.24. The Labute approximate surface area is 197 Å². The highest BCUT2D eigenvalue weighted by atomic mass is 19.1. The number of ether oxygens (including phenoxy) is 2. The highest BCUT2D eigenvalue weighted by Crippen LogP contribution is 2.30. The van der Waals surface area contributed by atoms with Crippen molar-refractivity contribution in [3.63, 3.8) is 0 Å². The van der Waals surface area contributed by atoms with Crippen molar-refractivity contribution >= 4 is 29.5 Å². The Morgan fingerprint density at radius 1 is 0.941 bits per heavy atom. The van der Waals surface area contributed by atoms with Crippen molar-refractivity contribution in [3.05, 3.63) is 101 Å². The maximum atomic E-state index is 14.6. The van der Waals surface area contributed by atoms with E-state index in [9.17, 15) is 14.0 Å². The Bertz CT molecular complexity index is 1230. The lowest BCUT2D eigenvalue weighted by molar-refractivity contribution is -0.116. The molecule has 0 radical (unpaired) electrons. The number of nitrogens with one attached hydrogen (secondary N) is 1. The van der Waals surface area contributed by atoms with Crippen LogP contribution in [0.15, 0.2) is 72.8 Å². The van der Waals surface area contributed by atoms with Gasteiger partial charge in [-0.2, -0.15) is 0 Å². The van der Waals surface area contributed by atoms with Crippen LogP contribution < -0.4 is 20.5 Å². The van der Waals surface area contributed by atoms with Crippen molar-refractivity contribution in [1.29, 1.82) is 0 Å². The summed E-state index contributed by atoms with van der Waals surface area (Å²) in [5.41, 5.74) is 7.75. The molecule has 0 saturated heterocycles. The molecule has 0 fully saturated rings. The smallest absolute Gasteiger partial charge is 0.252 e. The van der Waals surface area contributed by atoms with Gasteiger partial charge in [-0.15, -0.1) is 0 Å². The lowest BCUT2D eigenvalue weighted by Crippen LogP contribution is -2.24. The van der Waals surface area contributed by atoms with Crippen molar-refractivity contribution in [2.45, 2.75) is 6.54 Å². The minimum absolute atomic E-state index is 0.173. The first-order valence-corrected chi connectivity index (χ1v) is 10.4. The van der Waals surface area contributed by atoms with Crippen LogP contribution in [0, 0.1) is 5.82 Å². The normalized spacial score (nSPS) is 11.3. The molecule has 6 nitrogen and oxygen atoms in total. The molecule has 0 bridgehead atoms. The van der Waals surface area contributed by atoms with E-state index in [0.717, 1.165) is 11.1 Å². The summed E-state index contributed by atoms with van der Waals surface area (Å²) in [5, 5.41) is 2.84. The molecule has 3 aromatic carbocycles. The van der Waals surface area contributed by atoms with Gasteiger partial charge >= 0.3 is 0 Å². The predicted molar refractivity (Wildman–Crippen MR) is 130 cm³/mol. The lowest BCUT2D eigenvalue weighted by Gasteiger charge is -2.12. The first kappa shape index (κ1) is 24.3. The van der Waals surface area contributed by atoms with Crippen LogP contribution in [0.2, 0.25) is 0 Å². The minimum atomic E-state index is -0.529. The van der Waals surface area contributed by atoms with Gasteiger partial charge in [0.25, 0.3) is 5.91 Å². The second-order valence-corrected chi connectivity index (χ2v) is 7.31. The predicted octanol–water partition coefficient (Wildman–Crippen LogP) is 4.20. The second kappa shape index (κ2) is 11.5. The zero-order valence-electron chi connectivity index (χ0n) is 18.9. The molecule has 0 atom stereocenters. The van der Waals surface area contributed by atoms with E-state index in [1.165, 1.54) is 26.4 Å². The van der Waals surface area contributed by atoms with Gasteiger partial charge in [0.05, 0.1) is 19.8 Å². The van der Waals surface area contributed by atoms with Crippen molar-refractivity contribution in [3.8, 4) is 11.5 Å². The Morgan fingerprint density at radius 3 is 2.26 bits per heavy atom. The van der Waals surface area contributed by atoms with E-state index in [1.54, 1.807) is 60.7 Å². The van der Waals surface area contributed by atoms with Crippen LogP contribution in [0.3, 0.4) is 0 Å². The van der Waals surface area contributed by atoms with Gasteiger partial charge in [-0.3, -0.25) is 9.59 Å². The Balaban J connectivity index is 1.86. The van der Waals surface area contributed by atoms with E-state index >= 15 is 0 Å². The van der Waals surface area contributed by atoms with Gasteiger partial charge in [-0.1, -0.05) is 48.5 Å². The molecule has 34 heavy (non-hydrogen) atoms. The molecule has 0 saturated carbocycles. The zero-order valence-corrected chi connectivity index (χ0v) is 18.9. The lowest BCUT2D eigenvalue weighted by atomic mass is 10.0. The third kappa shape index (κ3) is 6.32. The van der Waals surface area contributed by atoms with Crippen LogP contribution in [0.4, 0.5) is 4.39 Å². The number of primary amides is 1. The number of methoxy groups -OCH3 is 2. The molecular formula is C27H25FN2O4. The van der Waals surface area contributed by atoms with Crippen LogP contribution in [0.5, 0.6) is 11.5 Å². The second-order valence-electron chi connectivity index (χ2n) is 7.31. The zero-order chi connectivity index (χ0) is 24.5. The number of carbonyl (C=O) groups is 2. The van der Waals surface area contributed by atoms with Crippen molar-refractivity contribution in [1.82, 2.24) is 5.32 Å². The number of nitrogens with two attached hydrogens (primary N) is 1. The Hall–Kier alpha value is -4.39. The molecule has 3 aromatic rings. The fourth-order valence-corrected chi connectivity index (χ4v) is 3.26. The molecule has 7 heteroatoms. The topological polar surface area (TPSA) is 90.6 Å². The number of rotatable bonds is 9. The third-order valence-electron chi connectivity index (χ3n) is 5.00. The van der Waals surface area contributed by atoms with E-state index in [2.05, 4.69) is 5.32 Å². The van der Waals surface area contributed by atoms with Gasteiger partial charge in [-0.25, -0.2) is 4.39 Å². The van der Waals surface area contributed by atoms with Gasteiger partial charge in [-0.05, 0) is 47.0 Å². The molecule has 0 aliphatic rings. The number of hydrogen-bond acceptors (Lipinski definition) is 4. The minimum Gasteiger partial charge on any atom is -0.493 e. The summed E-state index contributed by atoms with van der Waals surface area (Å²) in [4.78, 5) is 24.0. The summed E-state index contributed by atoms with van der Waals surface area (Å²) in [6.45, 7) is 0.233. The molecule has 174 valence electrons. The van der Waals surface area contributed by atoms with E-state index in [0.29, 0.717) is 17.1 Å². The van der Waals surface area contributed by atoms with Crippen LogP contribution in [-0.2, 0) is 16.1 Å². The number of hydrogen-bond donors (Lipinski definition) is 2. The van der Waals surface area contributed by atoms with E-state index in [1.807, 2.05) is 12.1 Å². The molecule has 0 aliphatic carbocycles. The maximum absolute atomic E-state index is 14.6. The van der Waals surface area contributed by atoms with Crippen LogP contribution in [0.25, 0.3) is 17.7 Å². The number of halogens is 1. The largest absolute Gasteiger partial charge is 0.493 e. The fourth-order valence-electron chi connectivity index (χ4n) is 3.26. The van der Waals surface area contributed by atoms with E-state index in [-0.39, 0.29) is 17.7 Å². The molecule has 0 unspecified atom stereocenters. The molecule has 0 aromatic heterocycles. The summed E-state index contributed by atoms with van der Waals surface area (Å²) in [7, 11) is 3.05. The molecule has 3 rings (SSSR count). The summed E-state index contributed by atoms with van der Waals surface area (Å²) < 4.78 is 25.2. The summed E-state index contributed by atoms with van der Waals surface area (Å²) in [6, 6.07) is 18.5. The quantitative estimate of drug-likeness (QED) is 0.370. The summed E-state index contributed by atoms with van der Waals surface area (Å²) >= 11 is 0. The van der Waals surface area contributed by atoms with E-state index < -0.39 is 17.6 Å². The van der Waals surface area contributed by atoms with Crippen molar-refractivity contribution in [2.24, 2.45) is 5.73 Å². The summed E-state index contributed by atoms with van der Waals surface area (Å²) in [5.74, 6) is -0.425. The Morgan fingerprint density at radius 2 is 1.62 bits per heavy atom. The van der Waals surface area contributed by atoms with Gasteiger partial charge in [0.1, 0.15) is 5.82 Å². The van der Waals surface area contributed by atoms with Crippen LogP contribution >= 0.6 is 0 Å². The molecule has 0 heterocycles. The van der Waals surface area contributed by atoms with Gasteiger partial charge < -0.3 is 20.5 Å². The third-order valence-corrected chi connectivity index (χ3v) is 5.00.